The Morgan fingerprint density at radius 1 is 1.27 bits per heavy atom. The molecule has 13 nitrogen and oxygen atoms in total. The normalized spacial score (nSPS) is 15.2. The molecule has 15 heteroatoms. The topological polar surface area (TPSA) is 164 Å². The van der Waals surface area contributed by atoms with E-state index in [-0.39, 0.29) is 48.7 Å². The molecule has 2 aromatic carbocycles. The second-order valence-electron chi connectivity index (χ2n) is 8.89. The Labute approximate surface area is 229 Å². The van der Waals surface area contributed by atoms with Crippen molar-refractivity contribution in [1.82, 2.24) is 19.8 Å². The van der Waals surface area contributed by atoms with Crippen LogP contribution in [0.25, 0.3) is 5.69 Å². The molecular formula is C25H28FN5O8S. The van der Waals surface area contributed by atoms with Crippen molar-refractivity contribution in [3.8, 4) is 17.3 Å². The Hall–Kier alpha value is -3.92. The number of nitrogens with one attached hydrogen (secondary N) is 2. The van der Waals surface area contributed by atoms with E-state index >= 15 is 0 Å². The number of carbonyl (C=O) groups is 1. The predicted molar refractivity (Wildman–Crippen MR) is 140 cm³/mol. The van der Waals surface area contributed by atoms with Crippen molar-refractivity contribution < 1.29 is 36.7 Å². The number of nitrogens with zero attached hydrogens (tertiary/aromatic N) is 3. The van der Waals surface area contributed by atoms with Crippen LogP contribution in [-0.4, -0.2) is 68.5 Å². The lowest BCUT2D eigenvalue weighted by Crippen LogP contribution is -2.32. The number of hydrogen-bond acceptors (Lipinski definition) is 9. The molecule has 1 saturated heterocycles. The minimum absolute atomic E-state index is 0.0122. The molecule has 0 spiro atoms. The summed E-state index contributed by atoms with van der Waals surface area (Å²) in [6.07, 6.45) is 1.60. The second kappa shape index (κ2) is 12.5. The van der Waals surface area contributed by atoms with Crippen LogP contribution in [0.2, 0.25) is 0 Å². The summed E-state index contributed by atoms with van der Waals surface area (Å²) in [5.41, 5.74) is 0.0877. The van der Waals surface area contributed by atoms with Gasteiger partial charge in [-0.15, -0.1) is 0 Å². The molecule has 1 aliphatic heterocycles. The smallest absolute Gasteiger partial charge is 0.272 e. The Bertz CT molecular complexity index is 1490. The van der Waals surface area contributed by atoms with Crippen molar-refractivity contribution in [2.24, 2.45) is 0 Å². The fourth-order valence-electron chi connectivity index (χ4n) is 4.03. The van der Waals surface area contributed by atoms with E-state index in [9.17, 15) is 27.7 Å². The van der Waals surface area contributed by atoms with Crippen LogP contribution < -0.4 is 14.8 Å². The average molecular weight is 578 g/mol. The Kier molecular flexibility index (Phi) is 9.09. The van der Waals surface area contributed by atoms with E-state index < -0.39 is 37.3 Å². The van der Waals surface area contributed by atoms with Crippen molar-refractivity contribution in [3.05, 3.63) is 69.7 Å². The summed E-state index contributed by atoms with van der Waals surface area (Å²) in [6.45, 7) is 2.42. The number of hydrogen-bond donors (Lipinski definition) is 2. The molecule has 1 fully saturated rings. The third-order valence-corrected chi connectivity index (χ3v) is 7.58. The molecule has 0 aliphatic carbocycles. The Morgan fingerprint density at radius 2 is 2.02 bits per heavy atom. The molecule has 1 atom stereocenters. The molecule has 214 valence electrons. The molecule has 3 aromatic rings. The molecular weight excluding hydrogens is 549 g/mol. The SMILES string of the molecule is COCCNS(=O)(=O)c1cc([N+](=O)[O-])ccc1Oc1c(C)c(C(=O)NCC2CCCO2)nn1-c1ccc(F)cc1. The highest BCUT2D eigenvalue weighted by Crippen LogP contribution is 2.35. The lowest BCUT2D eigenvalue weighted by molar-refractivity contribution is -0.385. The fourth-order valence-corrected chi connectivity index (χ4v) is 5.19. The first-order chi connectivity index (χ1) is 19.1. The van der Waals surface area contributed by atoms with Gasteiger partial charge in [-0.05, 0) is 50.1 Å². The summed E-state index contributed by atoms with van der Waals surface area (Å²) >= 11 is 0. The van der Waals surface area contributed by atoms with Crippen LogP contribution in [0.5, 0.6) is 11.6 Å². The zero-order valence-electron chi connectivity index (χ0n) is 21.8. The number of amides is 1. The van der Waals surface area contributed by atoms with Crippen molar-refractivity contribution in [1.29, 1.82) is 0 Å². The number of sulfonamides is 1. The molecule has 40 heavy (non-hydrogen) atoms. The van der Waals surface area contributed by atoms with Crippen LogP contribution in [0.3, 0.4) is 0 Å². The number of rotatable bonds is 12. The first-order valence-electron chi connectivity index (χ1n) is 12.3. The van der Waals surface area contributed by atoms with Gasteiger partial charge in [0.2, 0.25) is 15.9 Å². The van der Waals surface area contributed by atoms with Crippen LogP contribution in [0.1, 0.15) is 28.9 Å². The number of ether oxygens (including phenoxy) is 3. The summed E-state index contributed by atoms with van der Waals surface area (Å²) in [4.78, 5) is 23.2. The minimum atomic E-state index is -4.29. The van der Waals surface area contributed by atoms with Gasteiger partial charge < -0.3 is 19.5 Å². The van der Waals surface area contributed by atoms with Crippen molar-refractivity contribution in [3.63, 3.8) is 0 Å². The lowest BCUT2D eigenvalue weighted by Gasteiger charge is -2.14. The molecule has 1 amide bonds. The number of nitro groups is 1. The maximum absolute atomic E-state index is 13.7. The first-order valence-corrected chi connectivity index (χ1v) is 13.8. The number of halogens is 1. The van der Waals surface area contributed by atoms with Gasteiger partial charge in [0.25, 0.3) is 11.6 Å². The third-order valence-electron chi connectivity index (χ3n) is 6.10. The minimum Gasteiger partial charge on any atom is -0.437 e. The van der Waals surface area contributed by atoms with Crippen molar-refractivity contribution >= 4 is 21.6 Å². The van der Waals surface area contributed by atoms with Crippen LogP contribution >= 0.6 is 0 Å². The van der Waals surface area contributed by atoms with Crippen LogP contribution in [-0.2, 0) is 19.5 Å². The van der Waals surface area contributed by atoms with E-state index in [2.05, 4.69) is 15.1 Å². The molecule has 0 bridgehead atoms. The summed E-state index contributed by atoms with van der Waals surface area (Å²) < 4.78 is 59.8. The highest BCUT2D eigenvalue weighted by Gasteiger charge is 2.28. The van der Waals surface area contributed by atoms with Crippen LogP contribution in [0, 0.1) is 22.9 Å². The quantitative estimate of drug-likeness (QED) is 0.187. The third kappa shape index (κ3) is 6.62. The van der Waals surface area contributed by atoms with Crippen molar-refractivity contribution in [2.75, 3.05) is 33.4 Å². The van der Waals surface area contributed by atoms with Gasteiger partial charge in [0, 0.05) is 44.5 Å². The molecule has 1 aliphatic rings. The predicted octanol–water partition coefficient (Wildman–Crippen LogP) is 2.85. The molecule has 1 aromatic heterocycles. The van der Waals surface area contributed by atoms with Gasteiger partial charge in [0.15, 0.2) is 5.69 Å². The lowest BCUT2D eigenvalue weighted by atomic mass is 10.2. The Morgan fingerprint density at radius 3 is 2.67 bits per heavy atom. The zero-order valence-corrected chi connectivity index (χ0v) is 22.6. The number of nitro benzene ring substituents is 1. The summed E-state index contributed by atoms with van der Waals surface area (Å²) in [7, 11) is -2.90. The highest BCUT2D eigenvalue weighted by molar-refractivity contribution is 7.89. The van der Waals surface area contributed by atoms with E-state index in [0.29, 0.717) is 12.3 Å². The van der Waals surface area contributed by atoms with Gasteiger partial charge in [0.1, 0.15) is 16.5 Å². The van der Waals surface area contributed by atoms with E-state index in [4.69, 9.17) is 14.2 Å². The fraction of sp³-hybridized carbons (Fsp3) is 0.360. The summed E-state index contributed by atoms with van der Waals surface area (Å²) in [5.74, 6) is -1.32. The first kappa shape index (κ1) is 29.1. The summed E-state index contributed by atoms with van der Waals surface area (Å²) in [5, 5.41) is 18.6. The Balaban J connectivity index is 1.76. The van der Waals surface area contributed by atoms with Gasteiger partial charge in [0.05, 0.1) is 23.3 Å². The summed E-state index contributed by atoms with van der Waals surface area (Å²) in [6, 6.07) is 8.29. The molecule has 0 radical (unpaired) electrons. The number of benzene rings is 2. The van der Waals surface area contributed by atoms with Gasteiger partial charge in [-0.1, -0.05) is 0 Å². The van der Waals surface area contributed by atoms with E-state index in [1.807, 2.05) is 0 Å². The number of methoxy groups -OCH3 is 1. The van der Waals surface area contributed by atoms with Crippen molar-refractivity contribution in [2.45, 2.75) is 30.8 Å². The van der Waals surface area contributed by atoms with E-state index in [0.717, 1.165) is 31.0 Å². The van der Waals surface area contributed by atoms with Crippen LogP contribution in [0.15, 0.2) is 47.4 Å². The molecule has 2 N–H and O–H groups in total. The monoisotopic (exact) mass is 577 g/mol. The second-order valence-corrected chi connectivity index (χ2v) is 10.6. The zero-order chi connectivity index (χ0) is 28.9. The van der Waals surface area contributed by atoms with Gasteiger partial charge >= 0.3 is 0 Å². The van der Waals surface area contributed by atoms with Gasteiger partial charge in [-0.25, -0.2) is 17.5 Å². The number of carbonyl (C=O) groups excluding carboxylic acids is 1. The molecule has 1 unspecified atom stereocenters. The standard InChI is InChI=1S/C25H28FN5O8S/c1-16-23(24(32)27-15-20-4-3-12-38-20)29-30(18-7-5-17(26)6-8-18)25(16)39-21-10-9-19(31(33)34)14-22(21)40(35,36)28-11-13-37-2/h5-10,14,20,28H,3-4,11-13,15H2,1-2H3,(H,27,32). The van der Waals surface area contributed by atoms with E-state index in [1.54, 1.807) is 6.92 Å². The number of aromatic nitrogens is 2. The highest BCUT2D eigenvalue weighted by atomic mass is 32.2. The molecule has 0 saturated carbocycles. The number of non-ortho nitro benzene ring substituents is 1. The van der Waals surface area contributed by atoms with E-state index in [1.165, 1.54) is 36.1 Å². The maximum Gasteiger partial charge on any atom is 0.272 e. The van der Waals surface area contributed by atoms with Gasteiger partial charge in [-0.3, -0.25) is 14.9 Å². The van der Waals surface area contributed by atoms with Crippen LogP contribution in [0.4, 0.5) is 10.1 Å². The van der Waals surface area contributed by atoms with Gasteiger partial charge in [-0.2, -0.15) is 9.78 Å². The largest absolute Gasteiger partial charge is 0.437 e. The molecule has 4 rings (SSSR count). The maximum atomic E-state index is 13.7. The average Bonchev–Trinajstić information content (AvgIpc) is 3.56. The molecule has 2 heterocycles.